The number of nitrogens with zero attached hydrogens (tertiary/aromatic N) is 5. The number of nitro groups is 1. The van der Waals surface area contributed by atoms with Gasteiger partial charge in [-0.3, -0.25) is 14.7 Å². The van der Waals surface area contributed by atoms with Crippen molar-refractivity contribution in [3.05, 3.63) is 35.2 Å². The van der Waals surface area contributed by atoms with Crippen molar-refractivity contribution in [3.8, 4) is 5.82 Å². The van der Waals surface area contributed by atoms with Gasteiger partial charge in [-0.05, 0) is 0 Å². The lowest BCUT2D eigenvalue weighted by Crippen LogP contribution is -2.06. The molecule has 8 nitrogen and oxygen atoms in total. The fourth-order valence-electron chi connectivity index (χ4n) is 1.29. The highest BCUT2D eigenvalue weighted by Crippen LogP contribution is 2.26. The van der Waals surface area contributed by atoms with Gasteiger partial charge in [0.1, 0.15) is 12.7 Å². The predicted octanol–water partition coefficient (Wildman–Crippen LogP) is 0.612. The molecule has 2 aromatic rings. The average molecular weight is 220 g/mol. The van der Waals surface area contributed by atoms with Gasteiger partial charge >= 0.3 is 5.69 Å². The molecular formula is C8H8N6O2. The van der Waals surface area contributed by atoms with Crippen molar-refractivity contribution >= 4 is 11.5 Å². The highest BCUT2D eigenvalue weighted by atomic mass is 16.6. The van der Waals surface area contributed by atoms with E-state index in [9.17, 15) is 10.1 Å². The Morgan fingerprint density at radius 3 is 2.88 bits per heavy atom. The van der Waals surface area contributed by atoms with Crippen LogP contribution in [-0.4, -0.2) is 31.5 Å². The Bertz CT molecular complexity index is 509. The fourth-order valence-corrected chi connectivity index (χ4v) is 1.29. The summed E-state index contributed by atoms with van der Waals surface area (Å²) >= 11 is 0. The van der Waals surface area contributed by atoms with E-state index in [0.717, 1.165) is 0 Å². The predicted molar refractivity (Wildman–Crippen MR) is 55.4 cm³/mol. The summed E-state index contributed by atoms with van der Waals surface area (Å²) in [6.45, 7) is 0. The van der Waals surface area contributed by atoms with Crippen LogP contribution in [0, 0.1) is 10.1 Å². The molecule has 0 atom stereocenters. The Labute approximate surface area is 90.1 Å². The number of nitrogens with one attached hydrogen (secondary N) is 1. The Morgan fingerprint density at radius 2 is 2.31 bits per heavy atom. The number of anilines is 1. The number of rotatable bonds is 3. The van der Waals surface area contributed by atoms with Gasteiger partial charge in [0.25, 0.3) is 0 Å². The Kier molecular flexibility index (Phi) is 2.46. The molecule has 2 rings (SSSR count). The second kappa shape index (κ2) is 3.93. The normalized spacial score (nSPS) is 10.1. The molecule has 0 radical (unpaired) electrons. The second-order valence-electron chi connectivity index (χ2n) is 2.87. The summed E-state index contributed by atoms with van der Waals surface area (Å²) in [6, 6.07) is 0. The van der Waals surface area contributed by atoms with Gasteiger partial charge in [0.2, 0.25) is 11.6 Å². The van der Waals surface area contributed by atoms with Gasteiger partial charge in [0.15, 0.2) is 0 Å². The van der Waals surface area contributed by atoms with E-state index in [-0.39, 0.29) is 17.3 Å². The van der Waals surface area contributed by atoms with E-state index < -0.39 is 4.92 Å². The molecule has 0 bridgehead atoms. The smallest absolute Gasteiger partial charge is 0.354 e. The Hall–Kier alpha value is -2.51. The number of imidazole rings is 1. The number of hydrogen-bond acceptors (Lipinski definition) is 6. The lowest BCUT2D eigenvalue weighted by molar-refractivity contribution is -0.384. The molecule has 0 aliphatic carbocycles. The molecule has 2 heterocycles. The molecule has 0 spiro atoms. The monoisotopic (exact) mass is 220 g/mol. The molecule has 1 N–H and O–H groups in total. The van der Waals surface area contributed by atoms with Crippen LogP contribution in [0.5, 0.6) is 0 Å². The average Bonchev–Trinajstić information content (AvgIpc) is 2.81. The zero-order chi connectivity index (χ0) is 11.5. The molecule has 0 unspecified atom stereocenters. The molecule has 0 saturated heterocycles. The minimum atomic E-state index is -0.527. The zero-order valence-electron chi connectivity index (χ0n) is 8.36. The highest BCUT2D eigenvalue weighted by Gasteiger charge is 2.22. The van der Waals surface area contributed by atoms with Gasteiger partial charge in [0, 0.05) is 19.4 Å². The van der Waals surface area contributed by atoms with Crippen molar-refractivity contribution in [2.75, 3.05) is 12.4 Å². The minimum absolute atomic E-state index is 0.170. The summed E-state index contributed by atoms with van der Waals surface area (Å²) in [5.74, 6) is 0.352. The first-order chi connectivity index (χ1) is 7.74. The van der Waals surface area contributed by atoms with Crippen molar-refractivity contribution in [1.82, 2.24) is 19.5 Å². The van der Waals surface area contributed by atoms with Crippen LogP contribution >= 0.6 is 0 Å². The van der Waals surface area contributed by atoms with E-state index in [1.807, 2.05) is 0 Å². The highest BCUT2D eigenvalue weighted by molar-refractivity contribution is 5.63. The standard InChI is InChI=1S/C8H8N6O2/c1-9-7-6(14(15)16)8(12-4-11-7)13-3-2-10-5-13/h2-5H,1H3,(H,9,11,12). The molecule has 0 aliphatic heterocycles. The van der Waals surface area contributed by atoms with Gasteiger partial charge < -0.3 is 5.32 Å². The Morgan fingerprint density at radius 1 is 1.50 bits per heavy atom. The van der Waals surface area contributed by atoms with Crippen LogP contribution in [0.25, 0.3) is 5.82 Å². The first kappa shape index (κ1) is 10.0. The van der Waals surface area contributed by atoms with Crippen molar-refractivity contribution in [2.45, 2.75) is 0 Å². The first-order valence-corrected chi connectivity index (χ1v) is 4.39. The molecule has 8 heteroatoms. The Balaban J connectivity index is 2.65. The maximum absolute atomic E-state index is 10.9. The lowest BCUT2D eigenvalue weighted by Gasteiger charge is -2.05. The third-order valence-corrected chi connectivity index (χ3v) is 1.97. The van der Waals surface area contributed by atoms with Crippen molar-refractivity contribution in [2.24, 2.45) is 0 Å². The molecule has 2 aromatic heterocycles. The lowest BCUT2D eigenvalue weighted by atomic mass is 10.4. The van der Waals surface area contributed by atoms with Gasteiger partial charge in [-0.25, -0.2) is 15.0 Å². The summed E-state index contributed by atoms with van der Waals surface area (Å²) < 4.78 is 1.46. The van der Waals surface area contributed by atoms with Crippen molar-refractivity contribution < 1.29 is 4.92 Å². The quantitative estimate of drug-likeness (QED) is 0.601. The topological polar surface area (TPSA) is 98.8 Å². The van der Waals surface area contributed by atoms with Crippen LogP contribution in [0.4, 0.5) is 11.5 Å². The van der Waals surface area contributed by atoms with Crippen LogP contribution in [0.1, 0.15) is 0 Å². The second-order valence-corrected chi connectivity index (χ2v) is 2.87. The molecule has 0 amide bonds. The third-order valence-electron chi connectivity index (χ3n) is 1.97. The van der Waals surface area contributed by atoms with Crippen molar-refractivity contribution in [1.29, 1.82) is 0 Å². The maximum atomic E-state index is 10.9. The molecule has 82 valence electrons. The van der Waals surface area contributed by atoms with E-state index in [4.69, 9.17) is 0 Å². The number of aromatic nitrogens is 4. The van der Waals surface area contributed by atoms with E-state index in [1.54, 1.807) is 13.2 Å². The first-order valence-electron chi connectivity index (χ1n) is 4.39. The van der Waals surface area contributed by atoms with E-state index >= 15 is 0 Å². The van der Waals surface area contributed by atoms with Gasteiger partial charge in [-0.2, -0.15) is 0 Å². The molecule has 16 heavy (non-hydrogen) atoms. The van der Waals surface area contributed by atoms with Gasteiger partial charge in [-0.1, -0.05) is 0 Å². The van der Waals surface area contributed by atoms with Crippen LogP contribution < -0.4 is 5.32 Å². The largest absolute Gasteiger partial charge is 0.367 e. The third kappa shape index (κ3) is 1.56. The van der Waals surface area contributed by atoms with Gasteiger partial charge in [-0.15, -0.1) is 0 Å². The molecular weight excluding hydrogens is 212 g/mol. The SMILES string of the molecule is CNc1ncnc(-n2ccnc2)c1[N+](=O)[O-]. The van der Waals surface area contributed by atoms with E-state index in [0.29, 0.717) is 0 Å². The molecule has 0 aliphatic rings. The van der Waals surface area contributed by atoms with E-state index in [1.165, 1.54) is 23.4 Å². The summed E-state index contributed by atoms with van der Waals surface area (Å²) in [7, 11) is 1.56. The molecule has 0 aromatic carbocycles. The summed E-state index contributed by atoms with van der Waals surface area (Å²) in [4.78, 5) is 21.9. The van der Waals surface area contributed by atoms with Gasteiger partial charge in [0.05, 0.1) is 4.92 Å². The van der Waals surface area contributed by atoms with Crippen LogP contribution in [0.2, 0.25) is 0 Å². The fraction of sp³-hybridized carbons (Fsp3) is 0.125. The van der Waals surface area contributed by atoms with E-state index in [2.05, 4.69) is 20.3 Å². The van der Waals surface area contributed by atoms with Crippen LogP contribution in [-0.2, 0) is 0 Å². The molecule has 0 saturated carbocycles. The van der Waals surface area contributed by atoms with Crippen molar-refractivity contribution in [3.63, 3.8) is 0 Å². The summed E-state index contributed by atoms with van der Waals surface area (Å²) in [5.41, 5.74) is -0.178. The molecule has 0 fully saturated rings. The zero-order valence-corrected chi connectivity index (χ0v) is 8.36. The van der Waals surface area contributed by atoms with Crippen LogP contribution in [0.3, 0.4) is 0 Å². The van der Waals surface area contributed by atoms with Crippen LogP contribution in [0.15, 0.2) is 25.0 Å². The summed E-state index contributed by atoms with van der Waals surface area (Å²) in [6.07, 6.45) is 5.79. The summed E-state index contributed by atoms with van der Waals surface area (Å²) in [5, 5.41) is 13.6. The minimum Gasteiger partial charge on any atom is -0.367 e. The maximum Gasteiger partial charge on any atom is 0.354 e. The number of hydrogen-bond donors (Lipinski definition) is 1.